The quantitative estimate of drug-likeness (QED) is 0.655. The number of carbonyl (C=O) groups is 3. The summed E-state index contributed by atoms with van der Waals surface area (Å²) < 4.78 is 5.80. The molecule has 1 aromatic heterocycles. The molecule has 0 bridgehead atoms. The average molecular weight is 459 g/mol. The van der Waals surface area contributed by atoms with Gasteiger partial charge in [-0.05, 0) is 61.6 Å². The van der Waals surface area contributed by atoms with Crippen molar-refractivity contribution in [2.45, 2.75) is 44.7 Å². The zero-order valence-corrected chi connectivity index (χ0v) is 18.5. The average Bonchev–Trinajstić information content (AvgIpc) is 2.80. The van der Waals surface area contributed by atoms with Gasteiger partial charge in [0.2, 0.25) is 11.8 Å². The van der Waals surface area contributed by atoms with Crippen LogP contribution >= 0.6 is 11.6 Å². The molecular formula is C23H27ClN4O4. The van der Waals surface area contributed by atoms with Gasteiger partial charge in [-0.1, -0.05) is 11.6 Å². The van der Waals surface area contributed by atoms with Crippen LogP contribution in [0, 0.1) is 0 Å². The van der Waals surface area contributed by atoms with Crippen LogP contribution in [-0.4, -0.2) is 41.9 Å². The Morgan fingerprint density at radius 3 is 2.78 bits per heavy atom. The van der Waals surface area contributed by atoms with Crippen LogP contribution in [0.3, 0.4) is 0 Å². The molecule has 0 aliphatic carbocycles. The van der Waals surface area contributed by atoms with E-state index in [1.807, 2.05) is 0 Å². The first-order valence-corrected chi connectivity index (χ1v) is 11.1. The Morgan fingerprint density at radius 1 is 1.16 bits per heavy atom. The number of ether oxygens (including phenoxy) is 1. The van der Waals surface area contributed by atoms with Gasteiger partial charge in [-0.25, -0.2) is 0 Å². The van der Waals surface area contributed by atoms with E-state index in [2.05, 4.69) is 20.9 Å². The Hall–Kier alpha value is -3.13. The smallest absolute Gasteiger partial charge is 0.255 e. The van der Waals surface area contributed by atoms with Gasteiger partial charge in [0.1, 0.15) is 11.8 Å². The van der Waals surface area contributed by atoms with E-state index < -0.39 is 11.9 Å². The number of hydrogen-bond donors (Lipinski definition) is 3. The SMILES string of the molecule is O=C1CC[C@@H](C(=O)NCc2ccncc2)NC(=O)c2cc(Cl)ccc2OCCCCCN1. The van der Waals surface area contributed by atoms with Crippen LogP contribution < -0.4 is 20.7 Å². The van der Waals surface area contributed by atoms with Crippen LogP contribution in [0.4, 0.5) is 0 Å². The largest absolute Gasteiger partial charge is 0.493 e. The van der Waals surface area contributed by atoms with Crippen molar-refractivity contribution in [1.82, 2.24) is 20.9 Å². The molecule has 2 aromatic rings. The fraction of sp³-hybridized carbons (Fsp3) is 0.391. The highest BCUT2D eigenvalue weighted by Gasteiger charge is 2.24. The van der Waals surface area contributed by atoms with E-state index in [0.717, 1.165) is 24.8 Å². The van der Waals surface area contributed by atoms with Crippen LogP contribution in [0.25, 0.3) is 0 Å². The van der Waals surface area contributed by atoms with E-state index in [9.17, 15) is 14.4 Å². The highest BCUT2D eigenvalue weighted by Crippen LogP contribution is 2.24. The first kappa shape index (κ1) is 23.5. The Labute approximate surface area is 192 Å². The molecule has 0 spiro atoms. The molecule has 1 aromatic carbocycles. The van der Waals surface area contributed by atoms with Gasteiger partial charge in [0.25, 0.3) is 5.91 Å². The van der Waals surface area contributed by atoms with Crippen LogP contribution in [0.2, 0.25) is 5.02 Å². The number of aromatic nitrogens is 1. The third-order valence-electron chi connectivity index (χ3n) is 5.09. The molecule has 1 aliphatic rings. The summed E-state index contributed by atoms with van der Waals surface area (Å²) in [7, 11) is 0. The first-order chi connectivity index (χ1) is 15.5. The van der Waals surface area contributed by atoms with E-state index in [0.29, 0.717) is 23.9 Å². The number of fused-ring (bicyclic) bond motifs is 1. The number of nitrogens with zero attached hydrogens (tertiary/aromatic N) is 1. The minimum absolute atomic E-state index is 0.118. The van der Waals surface area contributed by atoms with Gasteiger partial charge in [0.15, 0.2) is 0 Å². The van der Waals surface area contributed by atoms with Crippen molar-refractivity contribution in [3.63, 3.8) is 0 Å². The van der Waals surface area contributed by atoms with E-state index in [1.165, 1.54) is 6.07 Å². The minimum Gasteiger partial charge on any atom is -0.493 e. The standard InChI is InChI=1S/C23H27ClN4O4/c24-17-4-6-20-18(14-17)22(30)28-19(23(31)27-15-16-8-11-25-12-9-16)5-7-21(29)26-10-2-1-3-13-32-20/h4,6,8-9,11-12,14,19H,1-3,5,7,10,13,15H2,(H,26,29)(H,27,31)(H,28,30)/t19-/m0/s1. The number of hydrogen-bond acceptors (Lipinski definition) is 5. The van der Waals surface area contributed by atoms with Gasteiger partial charge in [0.05, 0.1) is 12.2 Å². The molecule has 3 amide bonds. The molecule has 0 saturated heterocycles. The third-order valence-corrected chi connectivity index (χ3v) is 5.32. The summed E-state index contributed by atoms with van der Waals surface area (Å²) in [5.74, 6) is -0.605. The van der Waals surface area contributed by atoms with Gasteiger partial charge in [-0.15, -0.1) is 0 Å². The maximum atomic E-state index is 13.0. The second-order valence-corrected chi connectivity index (χ2v) is 7.97. The van der Waals surface area contributed by atoms with E-state index in [4.69, 9.17) is 16.3 Å². The molecule has 9 heteroatoms. The highest BCUT2D eigenvalue weighted by atomic mass is 35.5. The van der Waals surface area contributed by atoms with Gasteiger partial charge < -0.3 is 20.7 Å². The topological polar surface area (TPSA) is 109 Å². The lowest BCUT2D eigenvalue weighted by Crippen LogP contribution is -2.47. The molecule has 3 N–H and O–H groups in total. The van der Waals surface area contributed by atoms with Gasteiger partial charge in [-0.3, -0.25) is 19.4 Å². The number of rotatable bonds is 3. The molecular weight excluding hydrogens is 432 g/mol. The maximum absolute atomic E-state index is 13.0. The summed E-state index contributed by atoms with van der Waals surface area (Å²) in [4.78, 5) is 42.0. The number of benzene rings is 1. The summed E-state index contributed by atoms with van der Waals surface area (Å²) in [5, 5.41) is 8.80. The molecule has 2 heterocycles. The van der Waals surface area contributed by atoms with Crippen LogP contribution in [0.15, 0.2) is 42.7 Å². The lowest BCUT2D eigenvalue weighted by atomic mass is 10.1. The number of halogens is 1. The fourth-order valence-corrected chi connectivity index (χ4v) is 3.47. The van der Waals surface area contributed by atoms with Crippen LogP contribution in [-0.2, 0) is 16.1 Å². The van der Waals surface area contributed by atoms with Crippen molar-refractivity contribution < 1.29 is 19.1 Å². The van der Waals surface area contributed by atoms with Crippen LogP contribution in [0.5, 0.6) is 5.75 Å². The van der Waals surface area contributed by atoms with Crippen molar-refractivity contribution in [3.05, 3.63) is 58.9 Å². The molecule has 0 saturated carbocycles. The van der Waals surface area contributed by atoms with E-state index >= 15 is 0 Å². The normalized spacial score (nSPS) is 18.1. The number of nitrogens with one attached hydrogen (secondary N) is 3. The predicted octanol–water partition coefficient (Wildman–Crippen LogP) is 2.61. The van der Waals surface area contributed by atoms with E-state index in [-0.39, 0.29) is 36.8 Å². The molecule has 0 radical (unpaired) electrons. The Kier molecular flexibility index (Phi) is 8.86. The lowest BCUT2D eigenvalue weighted by molar-refractivity contribution is -0.124. The second-order valence-electron chi connectivity index (χ2n) is 7.54. The monoisotopic (exact) mass is 458 g/mol. The van der Waals surface area contributed by atoms with Gasteiger partial charge in [0, 0.05) is 36.9 Å². The molecule has 170 valence electrons. The van der Waals surface area contributed by atoms with Gasteiger partial charge >= 0.3 is 0 Å². The van der Waals surface area contributed by atoms with Crippen molar-refractivity contribution >= 4 is 29.3 Å². The van der Waals surface area contributed by atoms with Gasteiger partial charge in [-0.2, -0.15) is 0 Å². The lowest BCUT2D eigenvalue weighted by Gasteiger charge is -2.19. The van der Waals surface area contributed by atoms with Crippen molar-refractivity contribution in [1.29, 1.82) is 0 Å². The van der Waals surface area contributed by atoms with Crippen LogP contribution in [0.1, 0.15) is 48.0 Å². The Balaban J connectivity index is 1.77. The summed E-state index contributed by atoms with van der Waals surface area (Å²) >= 11 is 6.10. The summed E-state index contributed by atoms with van der Waals surface area (Å²) in [6.07, 6.45) is 6.06. The predicted molar refractivity (Wildman–Crippen MR) is 120 cm³/mol. The maximum Gasteiger partial charge on any atom is 0.255 e. The molecule has 1 atom stereocenters. The Morgan fingerprint density at radius 2 is 1.97 bits per heavy atom. The third kappa shape index (κ3) is 7.23. The highest BCUT2D eigenvalue weighted by molar-refractivity contribution is 6.31. The summed E-state index contributed by atoms with van der Waals surface area (Å²) in [5.41, 5.74) is 1.13. The second kappa shape index (κ2) is 12.0. The first-order valence-electron chi connectivity index (χ1n) is 10.7. The number of pyridine rings is 1. The summed E-state index contributed by atoms with van der Waals surface area (Å²) in [6.45, 7) is 1.29. The van der Waals surface area contributed by atoms with Crippen molar-refractivity contribution in [2.75, 3.05) is 13.2 Å². The number of amides is 3. The van der Waals surface area contributed by atoms with Crippen molar-refractivity contribution in [3.8, 4) is 5.75 Å². The minimum atomic E-state index is -0.896. The van der Waals surface area contributed by atoms with Crippen molar-refractivity contribution in [2.24, 2.45) is 0 Å². The molecule has 3 rings (SSSR count). The van der Waals surface area contributed by atoms with E-state index in [1.54, 1.807) is 36.7 Å². The molecule has 0 fully saturated rings. The zero-order valence-electron chi connectivity index (χ0n) is 17.7. The number of carbonyl (C=O) groups excluding carboxylic acids is 3. The summed E-state index contributed by atoms with van der Waals surface area (Å²) in [6, 6.07) is 7.51. The molecule has 1 aliphatic heterocycles. The fourth-order valence-electron chi connectivity index (χ4n) is 3.30. The molecule has 32 heavy (non-hydrogen) atoms. The Bertz CT molecular complexity index is 939. The zero-order chi connectivity index (χ0) is 22.8. The molecule has 8 nitrogen and oxygen atoms in total. The molecule has 0 unspecified atom stereocenters.